The molecule has 0 radical (unpaired) electrons. The van der Waals surface area contributed by atoms with Gasteiger partial charge in [0.25, 0.3) is 5.91 Å². The maximum Gasteiger partial charge on any atom is 0.352 e. The van der Waals surface area contributed by atoms with Gasteiger partial charge in [-0.1, -0.05) is 24.3 Å². The first kappa shape index (κ1) is 16.5. The standard InChI is InChI=1S/C16H18F2N4O2/c17-16(18,15(24)5-2-6-15)14(23)20-8-12-3-1-4-13(7-12)9-22-11-19-10-21-22/h1,3-4,7,10-11,24H,2,5-6,8-9H2,(H,20,23). The van der Waals surface area contributed by atoms with Gasteiger partial charge in [-0.25, -0.2) is 9.67 Å². The summed E-state index contributed by atoms with van der Waals surface area (Å²) in [6.45, 7) is 0.466. The van der Waals surface area contributed by atoms with E-state index in [4.69, 9.17) is 0 Å². The predicted molar refractivity (Wildman–Crippen MR) is 81.2 cm³/mol. The van der Waals surface area contributed by atoms with E-state index in [-0.39, 0.29) is 19.4 Å². The van der Waals surface area contributed by atoms with Crippen molar-refractivity contribution < 1.29 is 18.7 Å². The number of hydrogen-bond acceptors (Lipinski definition) is 4. The molecule has 3 rings (SSSR count). The average molecular weight is 336 g/mol. The highest BCUT2D eigenvalue weighted by molar-refractivity contribution is 5.85. The molecule has 1 amide bonds. The van der Waals surface area contributed by atoms with Crippen molar-refractivity contribution in [3.05, 3.63) is 48.0 Å². The lowest BCUT2D eigenvalue weighted by Crippen LogP contribution is -2.60. The number of amides is 1. The van der Waals surface area contributed by atoms with Gasteiger partial charge in [-0.05, 0) is 30.4 Å². The lowest BCUT2D eigenvalue weighted by atomic mass is 9.75. The zero-order valence-electron chi connectivity index (χ0n) is 13.0. The van der Waals surface area contributed by atoms with E-state index < -0.39 is 17.4 Å². The molecule has 0 saturated heterocycles. The Labute approximate surface area is 137 Å². The molecule has 2 N–H and O–H groups in total. The van der Waals surface area contributed by atoms with E-state index in [9.17, 15) is 18.7 Å². The lowest BCUT2D eigenvalue weighted by Gasteiger charge is -2.41. The highest BCUT2D eigenvalue weighted by Crippen LogP contribution is 2.44. The molecule has 8 heteroatoms. The van der Waals surface area contributed by atoms with Crippen molar-refractivity contribution in [1.82, 2.24) is 20.1 Å². The molecule has 0 atom stereocenters. The third-order valence-electron chi connectivity index (χ3n) is 4.31. The molecule has 0 unspecified atom stereocenters. The Morgan fingerprint density at radius 3 is 2.75 bits per heavy atom. The van der Waals surface area contributed by atoms with Gasteiger partial charge in [-0.3, -0.25) is 4.79 Å². The van der Waals surface area contributed by atoms with Crippen LogP contribution in [0.4, 0.5) is 8.78 Å². The van der Waals surface area contributed by atoms with E-state index >= 15 is 0 Å². The lowest BCUT2D eigenvalue weighted by molar-refractivity contribution is -0.216. The number of benzene rings is 1. The fourth-order valence-electron chi connectivity index (χ4n) is 2.67. The largest absolute Gasteiger partial charge is 0.383 e. The molecule has 2 aromatic rings. The van der Waals surface area contributed by atoms with E-state index in [1.54, 1.807) is 29.2 Å². The van der Waals surface area contributed by atoms with E-state index in [0.29, 0.717) is 18.5 Å². The number of nitrogens with one attached hydrogen (secondary N) is 1. The van der Waals surface area contributed by atoms with Gasteiger partial charge >= 0.3 is 5.92 Å². The number of alkyl halides is 2. The van der Waals surface area contributed by atoms with Crippen molar-refractivity contribution in [2.75, 3.05) is 0 Å². The maximum absolute atomic E-state index is 14.0. The SMILES string of the molecule is O=C(NCc1cccc(Cn2cncn2)c1)C(F)(F)C1(O)CCC1. The third kappa shape index (κ3) is 3.14. The molecule has 24 heavy (non-hydrogen) atoms. The van der Waals surface area contributed by atoms with Crippen LogP contribution in [0, 0.1) is 0 Å². The van der Waals surface area contributed by atoms with Crippen LogP contribution in [0.5, 0.6) is 0 Å². The van der Waals surface area contributed by atoms with Crippen LogP contribution in [0.3, 0.4) is 0 Å². The summed E-state index contributed by atoms with van der Waals surface area (Å²) in [5.41, 5.74) is -0.597. The minimum Gasteiger partial charge on any atom is -0.383 e. The first-order chi connectivity index (χ1) is 11.4. The molecule has 1 fully saturated rings. The monoisotopic (exact) mass is 336 g/mol. The van der Waals surface area contributed by atoms with Crippen LogP contribution in [0.2, 0.25) is 0 Å². The van der Waals surface area contributed by atoms with Crippen molar-refractivity contribution in [2.24, 2.45) is 0 Å². The van der Waals surface area contributed by atoms with Crippen LogP contribution < -0.4 is 5.32 Å². The predicted octanol–water partition coefficient (Wildman–Crippen LogP) is 1.49. The quantitative estimate of drug-likeness (QED) is 0.838. The molecule has 6 nitrogen and oxygen atoms in total. The van der Waals surface area contributed by atoms with Gasteiger partial charge in [-0.2, -0.15) is 13.9 Å². The summed E-state index contributed by atoms with van der Waals surface area (Å²) in [6.07, 6.45) is 3.40. The van der Waals surface area contributed by atoms with E-state index in [1.165, 1.54) is 6.33 Å². The fourth-order valence-corrected chi connectivity index (χ4v) is 2.67. The molecule has 1 aromatic heterocycles. The zero-order chi connectivity index (χ0) is 17.2. The average Bonchev–Trinajstić information content (AvgIpc) is 3.03. The molecule has 0 bridgehead atoms. The number of carbonyl (C=O) groups excluding carboxylic acids is 1. The molecule has 1 aromatic carbocycles. The van der Waals surface area contributed by atoms with Crippen LogP contribution in [0.1, 0.15) is 30.4 Å². The minimum absolute atomic E-state index is 0.0320. The van der Waals surface area contributed by atoms with Gasteiger partial charge in [-0.15, -0.1) is 0 Å². The summed E-state index contributed by atoms with van der Waals surface area (Å²) >= 11 is 0. The highest BCUT2D eigenvalue weighted by atomic mass is 19.3. The highest BCUT2D eigenvalue weighted by Gasteiger charge is 2.61. The van der Waals surface area contributed by atoms with E-state index in [1.807, 2.05) is 6.07 Å². The molecular weight excluding hydrogens is 318 g/mol. The van der Waals surface area contributed by atoms with E-state index in [0.717, 1.165) is 5.56 Å². The third-order valence-corrected chi connectivity index (χ3v) is 4.31. The number of nitrogens with zero attached hydrogens (tertiary/aromatic N) is 3. The van der Waals surface area contributed by atoms with Gasteiger partial charge in [0, 0.05) is 6.54 Å². The van der Waals surface area contributed by atoms with Crippen LogP contribution >= 0.6 is 0 Å². The van der Waals surface area contributed by atoms with Gasteiger partial charge in [0.15, 0.2) is 0 Å². The van der Waals surface area contributed by atoms with Crippen molar-refractivity contribution in [1.29, 1.82) is 0 Å². The smallest absolute Gasteiger partial charge is 0.352 e. The minimum atomic E-state index is -3.77. The number of carbonyl (C=O) groups is 1. The maximum atomic E-state index is 14.0. The van der Waals surface area contributed by atoms with E-state index in [2.05, 4.69) is 15.4 Å². The second-order valence-corrected chi connectivity index (χ2v) is 6.06. The second kappa shape index (κ2) is 6.27. The molecule has 1 aliphatic rings. The van der Waals surface area contributed by atoms with Crippen molar-refractivity contribution in [3.63, 3.8) is 0 Å². The fraction of sp³-hybridized carbons (Fsp3) is 0.438. The summed E-state index contributed by atoms with van der Waals surface area (Å²) in [5, 5.41) is 16.0. The topological polar surface area (TPSA) is 80.0 Å². The number of halogens is 2. The number of aliphatic hydroxyl groups is 1. The Hall–Kier alpha value is -2.35. The summed E-state index contributed by atoms with van der Waals surface area (Å²) < 4.78 is 29.6. The Kier molecular flexibility index (Phi) is 4.31. The van der Waals surface area contributed by atoms with Crippen molar-refractivity contribution >= 4 is 5.91 Å². The first-order valence-corrected chi connectivity index (χ1v) is 7.69. The van der Waals surface area contributed by atoms with Crippen molar-refractivity contribution in [3.8, 4) is 0 Å². The summed E-state index contributed by atoms with van der Waals surface area (Å²) in [7, 11) is 0. The summed E-state index contributed by atoms with van der Waals surface area (Å²) in [6, 6.07) is 7.20. The van der Waals surface area contributed by atoms with Crippen LogP contribution in [-0.2, 0) is 17.9 Å². The molecule has 0 spiro atoms. The number of rotatable bonds is 6. The molecule has 1 saturated carbocycles. The van der Waals surface area contributed by atoms with Gasteiger partial charge in [0.1, 0.15) is 18.3 Å². The van der Waals surface area contributed by atoms with Crippen molar-refractivity contribution in [2.45, 2.75) is 43.9 Å². The second-order valence-electron chi connectivity index (χ2n) is 6.06. The summed E-state index contributed by atoms with van der Waals surface area (Å²) in [4.78, 5) is 15.6. The summed E-state index contributed by atoms with van der Waals surface area (Å²) in [5.74, 6) is -5.21. The molecule has 1 heterocycles. The van der Waals surface area contributed by atoms with Crippen LogP contribution in [-0.4, -0.2) is 37.3 Å². The first-order valence-electron chi connectivity index (χ1n) is 7.69. The Balaban J connectivity index is 1.61. The molecule has 0 aliphatic heterocycles. The van der Waals surface area contributed by atoms with Crippen LogP contribution in [0.15, 0.2) is 36.9 Å². The Morgan fingerprint density at radius 1 is 1.38 bits per heavy atom. The molecular formula is C16H18F2N4O2. The molecule has 1 aliphatic carbocycles. The number of hydrogen-bond donors (Lipinski definition) is 2. The number of aromatic nitrogens is 3. The van der Waals surface area contributed by atoms with Gasteiger partial charge in [0.05, 0.1) is 6.54 Å². The molecule has 128 valence electrons. The Morgan fingerprint density at radius 2 is 2.12 bits per heavy atom. The van der Waals surface area contributed by atoms with Gasteiger partial charge in [0.2, 0.25) is 0 Å². The van der Waals surface area contributed by atoms with Crippen LogP contribution in [0.25, 0.3) is 0 Å². The zero-order valence-corrected chi connectivity index (χ0v) is 13.0. The van der Waals surface area contributed by atoms with Gasteiger partial charge < -0.3 is 10.4 Å². The Bertz CT molecular complexity index is 715. The normalized spacial score (nSPS) is 16.5.